The Bertz CT molecular complexity index is 797. The molecule has 1 fully saturated rings. The number of nitrogens with one attached hydrogen (secondary N) is 1. The van der Waals surface area contributed by atoms with E-state index >= 15 is 0 Å². The molecule has 1 aliphatic rings. The lowest BCUT2D eigenvalue weighted by Gasteiger charge is -2.19. The second kappa shape index (κ2) is 8.85. The Morgan fingerprint density at radius 1 is 1.15 bits per heavy atom. The standard InChI is InChI=1S/C20H21FN2O2S/c21-17-8-3-1-6-15(17)14-26-13-11-22-20(25)16-7-2-4-9-18(16)23-12-5-10-19(23)24/h1-4,6-9H,5,10-14H2,(H,22,25). The molecule has 0 saturated carbocycles. The van der Waals surface area contributed by atoms with E-state index in [0.717, 1.165) is 6.42 Å². The van der Waals surface area contributed by atoms with Crippen LogP contribution in [0.3, 0.4) is 0 Å². The summed E-state index contributed by atoms with van der Waals surface area (Å²) in [7, 11) is 0. The summed E-state index contributed by atoms with van der Waals surface area (Å²) < 4.78 is 13.6. The van der Waals surface area contributed by atoms with Crippen LogP contribution >= 0.6 is 11.8 Å². The molecule has 6 heteroatoms. The first-order valence-electron chi connectivity index (χ1n) is 8.65. The number of halogens is 1. The van der Waals surface area contributed by atoms with Gasteiger partial charge in [-0.25, -0.2) is 4.39 Å². The molecule has 1 heterocycles. The predicted molar refractivity (Wildman–Crippen MR) is 103 cm³/mol. The molecule has 1 aliphatic heterocycles. The molecule has 0 radical (unpaired) electrons. The lowest BCUT2D eigenvalue weighted by molar-refractivity contribution is -0.117. The summed E-state index contributed by atoms with van der Waals surface area (Å²) in [5.74, 6) is 0.928. The van der Waals surface area contributed by atoms with Gasteiger partial charge in [0.2, 0.25) is 5.91 Å². The van der Waals surface area contributed by atoms with Crippen molar-refractivity contribution in [1.29, 1.82) is 0 Å². The summed E-state index contributed by atoms with van der Waals surface area (Å²) in [6, 6.07) is 13.9. The lowest BCUT2D eigenvalue weighted by Crippen LogP contribution is -2.30. The average Bonchev–Trinajstić information content (AvgIpc) is 3.08. The molecule has 2 amide bonds. The van der Waals surface area contributed by atoms with Crippen molar-refractivity contribution in [3.05, 3.63) is 65.5 Å². The minimum Gasteiger partial charge on any atom is -0.351 e. The number of thioether (sulfide) groups is 1. The Balaban J connectivity index is 1.51. The molecule has 2 aromatic carbocycles. The molecule has 1 saturated heterocycles. The van der Waals surface area contributed by atoms with Gasteiger partial charge < -0.3 is 10.2 Å². The van der Waals surface area contributed by atoms with E-state index in [2.05, 4.69) is 5.32 Å². The van der Waals surface area contributed by atoms with Gasteiger partial charge in [-0.2, -0.15) is 11.8 Å². The summed E-state index contributed by atoms with van der Waals surface area (Å²) in [6.07, 6.45) is 1.35. The number of amides is 2. The topological polar surface area (TPSA) is 49.4 Å². The van der Waals surface area contributed by atoms with Gasteiger partial charge in [-0.05, 0) is 30.2 Å². The number of benzene rings is 2. The largest absolute Gasteiger partial charge is 0.351 e. The predicted octanol–water partition coefficient (Wildman–Crippen LogP) is 3.62. The number of hydrogen-bond acceptors (Lipinski definition) is 3. The third kappa shape index (κ3) is 4.43. The molecule has 0 aliphatic carbocycles. The molecular weight excluding hydrogens is 351 g/mol. The van der Waals surface area contributed by atoms with Crippen molar-refractivity contribution < 1.29 is 14.0 Å². The van der Waals surface area contributed by atoms with Crippen molar-refractivity contribution in [3.8, 4) is 0 Å². The highest BCUT2D eigenvalue weighted by molar-refractivity contribution is 7.98. The van der Waals surface area contributed by atoms with Gasteiger partial charge in [0.15, 0.2) is 0 Å². The van der Waals surface area contributed by atoms with Gasteiger partial charge in [0.25, 0.3) is 5.91 Å². The number of rotatable bonds is 7. The minimum absolute atomic E-state index is 0.0608. The quantitative estimate of drug-likeness (QED) is 0.756. The van der Waals surface area contributed by atoms with E-state index in [1.54, 1.807) is 40.9 Å². The third-order valence-electron chi connectivity index (χ3n) is 4.26. The summed E-state index contributed by atoms with van der Waals surface area (Å²) in [5, 5.41) is 2.89. The average molecular weight is 372 g/mol. The first kappa shape index (κ1) is 18.5. The third-order valence-corrected chi connectivity index (χ3v) is 5.27. The maximum absolute atomic E-state index is 13.6. The zero-order valence-electron chi connectivity index (χ0n) is 14.4. The molecule has 3 rings (SSSR count). The van der Waals surface area contributed by atoms with Crippen LogP contribution in [0.4, 0.5) is 10.1 Å². The number of hydrogen-bond donors (Lipinski definition) is 1. The van der Waals surface area contributed by atoms with Crippen molar-refractivity contribution in [2.24, 2.45) is 0 Å². The van der Waals surface area contributed by atoms with E-state index in [9.17, 15) is 14.0 Å². The van der Waals surface area contributed by atoms with Gasteiger partial charge in [-0.3, -0.25) is 9.59 Å². The minimum atomic E-state index is -0.201. The molecule has 136 valence electrons. The van der Waals surface area contributed by atoms with Crippen LogP contribution in [0.15, 0.2) is 48.5 Å². The Hall–Kier alpha value is -2.34. The SMILES string of the molecule is O=C(NCCSCc1ccccc1F)c1ccccc1N1CCCC1=O. The molecule has 0 aromatic heterocycles. The molecule has 0 spiro atoms. The van der Waals surface area contributed by atoms with Gasteiger partial charge in [-0.15, -0.1) is 0 Å². The van der Waals surface area contributed by atoms with E-state index in [4.69, 9.17) is 0 Å². The van der Waals surface area contributed by atoms with Gasteiger partial charge in [0.05, 0.1) is 11.3 Å². The Morgan fingerprint density at radius 2 is 1.92 bits per heavy atom. The van der Waals surface area contributed by atoms with Gasteiger partial charge in [0.1, 0.15) is 5.82 Å². The van der Waals surface area contributed by atoms with Crippen molar-refractivity contribution in [2.45, 2.75) is 18.6 Å². The molecular formula is C20H21FN2O2S. The van der Waals surface area contributed by atoms with Crippen LogP contribution in [0.25, 0.3) is 0 Å². The second-order valence-corrected chi connectivity index (χ2v) is 7.17. The summed E-state index contributed by atoms with van der Waals surface area (Å²) >= 11 is 1.57. The second-order valence-electron chi connectivity index (χ2n) is 6.07. The van der Waals surface area contributed by atoms with Crippen LogP contribution in [-0.2, 0) is 10.5 Å². The summed E-state index contributed by atoms with van der Waals surface area (Å²) in [6.45, 7) is 1.14. The van der Waals surface area contributed by atoms with Crippen molar-refractivity contribution in [1.82, 2.24) is 5.32 Å². The molecule has 4 nitrogen and oxygen atoms in total. The van der Waals surface area contributed by atoms with Crippen LogP contribution in [0, 0.1) is 5.82 Å². The highest BCUT2D eigenvalue weighted by Crippen LogP contribution is 2.25. The van der Waals surface area contributed by atoms with E-state index in [1.165, 1.54) is 6.07 Å². The highest BCUT2D eigenvalue weighted by Gasteiger charge is 2.25. The van der Waals surface area contributed by atoms with Crippen molar-refractivity contribution in [2.75, 3.05) is 23.7 Å². The summed E-state index contributed by atoms with van der Waals surface area (Å²) in [5.41, 5.74) is 1.86. The van der Waals surface area contributed by atoms with Crippen LogP contribution in [0.1, 0.15) is 28.8 Å². The molecule has 0 unspecified atom stereocenters. The number of para-hydroxylation sites is 1. The van der Waals surface area contributed by atoms with Gasteiger partial charge in [0, 0.05) is 31.0 Å². The number of carbonyl (C=O) groups is 2. The fourth-order valence-electron chi connectivity index (χ4n) is 2.93. The Labute approximate surface area is 156 Å². The van der Waals surface area contributed by atoms with Crippen LogP contribution in [-0.4, -0.2) is 30.7 Å². The van der Waals surface area contributed by atoms with Crippen LogP contribution in [0.2, 0.25) is 0 Å². The van der Waals surface area contributed by atoms with Crippen molar-refractivity contribution in [3.63, 3.8) is 0 Å². The van der Waals surface area contributed by atoms with Gasteiger partial charge in [-0.1, -0.05) is 30.3 Å². The van der Waals surface area contributed by atoms with E-state index < -0.39 is 0 Å². The van der Waals surface area contributed by atoms with Crippen LogP contribution in [0.5, 0.6) is 0 Å². The summed E-state index contributed by atoms with van der Waals surface area (Å²) in [4.78, 5) is 26.2. The lowest BCUT2D eigenvalue weighted by atomic mass is 10.1. The maximum atomic E-state index is 13.6. The number of nitrogens with zero attached hydrogens (tertiary/aromatic N) is 1. The molecule has 0 bridgehead atoms. The Morgan fingerprint density at radius 3 is 2.69 bits per heavy atom. The fourth-order valence-corrected chi connectivity index (χ4v) is 3.78. The first-order valence-corrected chi connectivity index (χ1v) is 9.81. The van der Waals surface area contributed by atoms with Crippen LogP contribution < -0.4 is 10.2 Å². The molecule has 26 heavy (non-hydrogen) atoms. The zero-order chi connectivity index (χ0) is 18.4. The zero-order valence-corrected chi connectivity index (χ0v) is 15.2. The fraction of sp³-hybridized carbons (Fsp3) is 0.300. The van der Waals surface area contributed by atoms with Gasteiger partial charge >= 0.3 is 0 Å². The molecule has 2 aromatic rings. The van der Waals surface area contributed by atoms with E-state index in [-0.39, 0.29) is 17.6 Å². The highest BCUT2D eigenvalue weighted by atomic mass is 32.2. The number of carbonyl (C=O) groups excluding carboxylic acids is 2. The monoisotopic (exact) mass is 372 g/mol. The van der Waals surface area contributed by atoms with Crippen molar-refractivity contribution >= 4 is 29.3 Å². The van der Waals surface area contributed by atoms with E-state index in [1.807, 2.05) is 18.2 Å². The number of anilines is 1. The maximum Gasteiger partial charge on any atom is 0.253 e. The molecule has 1 N–H and O–H groups in total. The molecule has 0 atom stereocenters. The normalized spacial score (nSPS) is 13.9. The van der Waals surface area contributed by atoms with E-state index in [0.29, 0.717) is 47.8 Å². The Kier molecular flexibility index (Phi) is 6.28. The first-order chi connectivity index (χ1) is 12.7. The smallest absolute Gasteiger partial charge is 0.253 e.